The number of hydrogen-bond acceptors (Lipinski definition) is 5. The molecule has 0 aromatic heterocycles. The van der Waals surface area contributed by atoms with Gasteiger partial charge in [-0.1, -0.05) is 72.8 Å². The van der Waals surface area contributed by atoms with Crippen molar-refractivity contribution in [1.29, 1.82) is 0 Å². The number of carbonyl (C=O) groups is 2. The van der Waals surface area contributed by atoms with E-state index in [1.807, 2.05) is 79.7 Å². The maximum atomic E-state index is 13.8. The summed E-state index contributed by atoms with van der Waals surface area (Å²) in [6.07, 6.45) is 5.01. The van der Waals surface area contributed by atoms with E-state index in [9.17, 15) is 9.59 Å². The van der Waals surface area contributed by atoms with E-state index in [4.69, 9.17) is 14.5 Å². The van der Waals surface area contributed by atoms with Crippen LogP contribution in [0.15, 0.2) is 101 Å². The number of Topliss-reactive ketones (excluding diaryl/α,β-unsaturated/α-hetero) is 1. The molecule has 1 saturated carbocycles. The van der Waals surface area contributed by atoms with Crippen LogP contribution in [0.2, 0.25) is 0 Å². The summed E-state index contributed by atoms with van der Waals surface area (Å²) in [6, 6.07) is 28.0. The molecule has 2 aliphatic carbocycles. The van der Waals surface area contributed by atoms with Crippen LogP contribution in [0.1, 0.15) is 74.0 Å². The van der Waals surface area contributed by atoms with Gasteiger partial charge in [0, 0.05) is 29.3 Å². The molecular weight excluding hydrogens is 498 g/mol. The molecule has 0 radical (unpaired) electrons. The van der Waals surface area contributed by atoms with Gasteiger partial charge in [-0.05, 0) is 73.8 Å². The maximum absolute atomic E-state index is 13.8. The predicted molar refractivity (Wildman–Crippen MR) is 155 cm³/mol. The molecule has 0 saturated heterocycles. The Morgan fingerprint density at radius 1 is 0.850 bits per heavy atom. The molecule has 0 spiro atoms. The van der Waals surface area contributed by atoms with Crippen molar-refractivity contribution in [1.82, 2.24) is 0 Å². The summed E-state index contributed by atoms with van der Waals surface area (Å²) >= 11 is 0. The van der Waals surface area contributed by atoms with Crippen molar-refractivity contribution in [2.24, 2.45) is 10.9 Å². The summed E-state index contributed by atoms with van der Waals surface area (Å²) in [5.74, 6) is -0.416. The van der Waals surface area contributed by atoms with E-state index in [0.29, 0.717) is 25.0 Å². The van der Waals surface area contributed by atoms with Crippen molar-refractivity contribution in [2.75, 3.05) is 0 Å². The number of ether oxygens (including phenoxy) is 2. The summed E-state index contributed by atoms with van der Waals surface area (Å²) in [5.41, 5.74) is 5.35. The van der Waals surface area contributed by atoms with E-state index in [0.717, 1.165) is 59.5 Å². The zero-order chi connectivity index (χ0) is 27.5. The first-order valence-corrected chi connectivity index (χ1v) is 14.4. The Labute approximate surface area is 235 Å². The molecule has 0 N–H and O–H groups in total. The van der Waals surface area contributed by atoms with E-state index in [-0.39, 0.29) is 23.8 Å². The molecule has 5 heteroatoms. The fourth-order valence-corrected chi connectivity index (χ4v) is 6.44. The number of aliphatic imine (C=N–C) groups is 1. The van der Waals surface area contributed by atoms with Gasteiger partial charge in [0.15, 0.2) is 5.78 Å². The van der Waals surface area contributed by atoms with E-state index >= 15 is 0 Å². The topological polar surface area (TPSA) is 65.0 Å². The van der Waals surface area contributed by atoms with Crippen molar-refractivity contribution < 1.29 is 19.1 Å². The summed E-state index contributed by atoms with van der Waals surface area (Å²) in [6.45, 7) is 2.38. The summed E-state index contributed by atoms with van der Waals surface area (Å²) in [4.78, 5) is 32.4. The quantitative estimate of drug-likeness (QED) is 0.298. The zero-order valence-electron chi connectivity index (χ0n) is 22.9. The monoisotopic (exact) mass is 533 g/mol. The number of rotatable bonds is 7. The SMILES string of the molecule is CC1=NC2=C(C(=O)C[C@@H](c3ccccc3)C2)[C@@H](c2ccc(OCc3ccccc3)cc2)C1C(=O)OC1CCCC1. The molecule has 3 aliphatic rings. The first kappa shape index (κ1) is 26.2. The third-order valence-electron chi connectivity index (χ3n) is 8.49. The van der Waals surface area contributed by atoms with Crippen LogP contribution in [0.3, 0.4) is 0 Å². The molecule has 3 aromatic carbocycles. The molecule has 1 fully saturated rings. The highest BCUT2D eigenvalue weighted by Crippen LogP contribution is 2.47. The third-order valence-corrected chi connectivity index (χ3v) is 8.49. The Bertz CT molecular complexity index is 1420. The van der Waals surface area contributed by atoms with Gasteiger partial charge in [-0.2, -0.15) is 0 Å². The van der Waals surface area contributed by atoms with Crippen LogP contribution in [0.25, 0.3) is 0 Å². The molecule has 6 rings (SSSR count). The van der Waals surface area contributed by atoms with Crippen LogP contribution in [-0.4, -0.2) is 23.6 Å². The standard InChI is InChI=1S/C35H35NO4/c1-23-32(35(38)40-29-14-8-9-15-29)33(26-16-18-28(19-17-26)39-22-24-10-4-2-5-11-24)34-30(36-23)20-27(21-31(34)37)25-12-6-3-7-13-25/h2-7,10-13,16-19,27,29,32-33H,8-9,14-15,20-22H2,1H3/t27-,32?,33-/m0/s1. The molecule has 1 heterocycles. The predicted octanol–water partition coefficient (Wildman–Crippen LogP) is 7.33. The second kappa shape index (κ2) is 11.6. The van der Waals surface area contributed by atoms with Crippen molar-refractivity contribution in [3.8, 4) is 5.75 Å². The normalized spacial score (nSPS) is 23.0. The molecule has 1 unspecified atom stereocenters. The number of allylic oxidation sites excluding steroid dienone is 2. The average Bonchev–Trinajstić information content (AvgIpc) is 3.49. The lowest BCUT2D eigenvalue weighted by molar-refractivity contribution is -0.151. The van der Waals surface area contributed by atoms with Crippen LogP contribution >= 0.6 is 0 Å². The van der Waals surface area contributed by atoms with Crippen molar-refractivity contribution in [2.45, 2.75) is 70.0 Å². The number of hydrogen-bond donors (Lipinski definition) is 0. The molecule has 3 atom stereocenters. The maximum Gasteiger partial charge on any atom is 0.315 e. The second-order valence-corrected chi connectivity index (χ2v) is 11.2. The highest BCUT2D eigenvalue weighted by Gasteiger charge is 2.45. The number of carbonyl (C=O) groups excluding carboxylic acids is 2. The zero-order valence-corrected chi connectivity index (χ0v) is 22.9. The molecule has 0 amide bonds. The van der Waals surface area contributed by atoms with Crippen LogP contribution in [0.4, 0.5) is 0 Å². The smallest absolute Gasteiger partial charge is 0.315 e. The highest BCUT2D eigenvalue weighted by atomic mass is 16.5. The van der Waals surface area contributed by atoms with Gasteiger partial charge in [0.2, 0.25) is 0 Å². The van der Waals surface area contributed by atoms with Gasteiger partial charge in [0.1, 0.15) is 24.4 Å². The van der Waals surface area contributed by atoms with Gasteiger partial charge in [0.05, 0.1) is 0 Å². The molecule has 1 aliphatic heterocycles. The van der Waals surface area contributed by atoms with Crippen molar-refractivity contribution >= 4 is 17.5 Å². The Balaban J connectivity index is 1.31. The Morgan fingerprint density at radius 2 is 1.52 bits per heavy atom. The minimum Gasteiger partial charge on any atom is -0.489 e. The summed E-state index contributed by atoms with van der Waals surface area (Å²) in [5, 5.41) is 0. The van der Waals surface area contributed by atoms with Crippen LogP contribution in [0, 0.1) is 5.92 Å². The third kappa shape index (κ3) is 5.51. The fourth-order valence-electron chi connectivity index (χ4n) is 6.44. The fraction of sp³-hybridized carbons (Fsp3) is 0.343. The first-order chi connectivity index (χ1) is 19.6. The van der Waals surface area contributed by atoms with Gasteiger partial charge in [-0.15, -0.1) is 0 Å². The molecule has 5 nitrogen and oxygen atoms in total. The minimum absolute atomic E-state index is 0.0467. The average molecular weight is 534 g/mol. The van der Waals surface area contributed by atoms with Gasteiger partial charge < -0.3 is 9.47 Å². The Morgan fingerprint density at radius 3 is 2.23 bits per heavy atom. The Kier molecular flexibility index (Phi) is 7.63. The largest absolute Gasteiger partial charge is 0.489 e. The molecule has 0 bridgehead atoms. The lowest BCUT2D eigenvalue weighted by Gasteiger charge is -2.37. The van der Waals surface area contributed by atoms with E-state index in [1.54, 1.807) is 0 Å². The number of benzene rings is 3. The molecular formula is C35H35NO4. The number of ketones is 1. The first-order valence-electron chi connectivity index (χ1n) is 14.4. The van der Waals surface area contributed by atoms with E-state index in [2.05, 4.69) is 12.1 Å². The summed E-state index contributed by atoms with van der Waals surface area (Å²) < 4.78 is 12.0. The van der Waals surface area contributed by atoms with Crippen LogP contribution in [-0.2, 0) is 20.9 Å². The van der Waals surface area contributed by atoms with E-state index in [1.165, 1.54) is 0 Å². The Hall–Kier alpha value is -3.99. The number of esters is 1. The molecule has 40 heavy (non-hydrogen) atoms. The van der Waals surface area contributed by atoms with Crippen LogP contribution < -0.4 is 4.74 Å². The molecule has 204 valence electrons. The van der Waals surface area contributed by atoms with Gasteiger partial charge in [-0.25, -0.2) is 0 Å². The van der Waals surface area contributed by atoms with Crippen molar-refractivity contribution in [3.63, 3.8) is 0 Å². The minimum atomic E-state index is -0.618. The summed E-state index contributed by atoms with van der Waals surface area (Å²) in [7, 11) is 0. The number of nitrogens with zero attached hydrogens (tertiary/aromatic N) is 1. The van der Waals surface area contributed by atoms with Gasteiger partial charge >= 0.3 is 5.97 Å². The lowest BCUT2D eigenvalue weighted by atomic mass is 9.69. The van der Waals surface area contributed by atoms with Gasteiger partial charge in [-0.3, -0.25) is 14.6 Å². The highest BCUT2D eigenvalue weighted by molar-refractivity contribution is 6.09. The van der Waals surface area contributed by atoms with E-state index < -0.39 is 11.8 Å². The second-order valence-electron chi connectivity index (χ2n) is 11.2. The lowest BCUT2D eigenvalue weighted by Crippen LogP contribution is -2.39. The van der Waals surface area contributed by atoms with Crippen molar-refractivity contribution in [3.05, 3.63) is 113 Å². The van der Waals surface area contributed by atoms with Crippen LogP contribution in [0.5, 0.6) is 5.75 Å². The van der Waals surface area contributed by atoms with Gasteiger partial charge in [0.25, 0.3) is 0 Å². The molecule has 3 aromatic rings.